The van der Waals surface area contributed by atoms with Gasteiger partial charge in [0.15, 0.2) is 0 Å². The van der Waals surface area contributed by atoms with Crippen molar-refractivity contribution in [2.24, 2.45) is 4.99 Å². The Balaban J connectivity index is 1.56. The SMILES string of the molecule is CN(CC(=O)Nc1ccc(S(=O)(=O)NC2=NCCCCC2)cc1)C1CCCC1. The van der Waals surface area contributed by atoms with E-state index in [1.807, 2.05) is 7.05 Å². The molecule has 1 aliphatic heterocycles. The maximum Gasteiger partial charge on any atom is 0.262 e. The number of hydrogen-bond acceptors (Lipinski definition) is 5. The predicted octanol–water partition coefficient (Wildman–Crippen LogP) is 2.75. The molecule has 2 N–H and O–H groups in total. The highest BCUT2D eigenvalue weighted by molar-refractivity contribution is 7.90. The molecule has 8 heteroatoms. The lowest BCUT2D eigenvalue weighted by atomic mass is 10.2. The molecule has 0 saturated heterocycles. The van der Waals surface area contributed by atoms with Crippen LogP contribution in [-0.4, -0.2) is 51.2 Å². The van der Waals surface area contributed by atoms with Gasteiger partial charge in [-0.3, -0.25) is 19.4 Å². The number of rotatable bonds is 6. The molecule has 154 valence electrons. The quantitative estimate of drug-likeness (QED) is 0.760. The number of nitrogens with one attached hydrogen (secondary N) is 2. The van der Waals surface area contributed by atoms with Crippen molar-refractivity contribution < 1.29 is 13.2 Å². The van der Waals surface area contributed by atoms with E-state index in [0.717, 1.165) is 32.1 Å². The first-order chi connectivity index (χ1) is 13.4. The van der Waals surface area contributed by atoms with Crippen molar-refractivity contribution in [3.63, 3.8) is 0 Å². The average Bonchev–Trinajstić information content (AvgIpc) is 3.08. The number of carbonyl (C=O) groups is 1. The van der Waals surface area contributed by atoms with Crippen molar-refractivity contribution >= 4 is 27.5 Å². The molecule has 0 radical (unpaired) electrons. The molecule has 0 bridgehead atoms. The van der Waals surface area contributed by atoms with Crippen molar-refractivity contribution in [3.8, 4) is 0 Å². The predicted molar refractivity (Wildman–Crippen MR) is 111 cm³/mol. The number of amides is 1. The van der Waals surface area contributed by atoms with Crippen LogP contribution in [0.5, 0.6) is 0 Å². The highest BCUT2D eigenvalue weighted by Gasteiger charge is 2.21. The summed E-state index contributed by atoms with van der Waals surface area (Å²) in [6.45, 7) is 1.00. The summed E-state index contributed by atoms with van der Waals surface area (Å²) in [4.78, 5) is 18.8. The standard InChI is InChI=1S/C20H30N4O3S/c1-24(17-7-4-5-8-17)15-20(25)22-16-10-12-18(13-11-16)28(26,27)23-19-9-3-2-6-14-21-19/h10-13,17H,2-9,14-15H2,1H3,(H,21,23)(H,22,25). The zero-order chi connectivity index (χ0) is 20.0. The van der Waals surface area contributed by atoms with Crippen molar-refractivity contribution in [1.82, 2.24) is 9.62 Å². The molecule has 28 heavy (non-hydrogen) atoms. The lowest BCUT2D eigenvalue weighted by molar-refractivity contribution is -0.117. The van der Waals surface area contributed by atoms with E-state index in [1.54, 1.807) is 12.1 Å². The summed E-state index contributed by atoms with van der Waals surface area (Å²) in [6.07, 6.45) is 8.42. The van der Waals surface area contributed by atoms with Crippen LogP contribution in [0, 0.1) is 0 Å². The Labute approximate surface area is 167 Å². The summed E-state index contributed by atoms with van der Waals surface area (Å²) in [7, 11) is -1.67. The van der Waals surface area contributed by atoms with Gasteiger partial charge in [0.25, 0.3) is 10.0 Å². The van der Waals surface area contributed by atoms with Crippen LogP contribution in [0.25, 0.3) is 0 Å². The van der Waals surface area contributed by atoms with Crippen LogP contribution in [0.15, 0.2) is 34.2 Å². The van der Waals surface area contributed by atoms with Gasteiger partial charge in [-0.15, -0.1) is 0 Å². The van der Waals surface area contributed by atoms with Gasteiger partial charge in [0, 0.05) is 24.7 Å². The first kappa shape index (κ1) is 20.8. The van der Waals surface area contributed by atoms with Gasteiger partial charge >= 0.3 is 0 Å². The van der Waals surface area contributed by atoms with Crippen LogP contribution in [-0.2, 0) is 14.8 Å². The van der Waals surface area contributed by atoms with Gasteiger partial charge < -0.3 is 5.32 Å². The molecule has 1 aromatic carbocycles. The number of sulfonamides is 1. The van der Waals surface area contributed by atoms with E-state index in [-0.39, 0.29) is 10.8 Å². The van der Waals surface area contributed by atoms with Gasteiger partial charge in [-0.25, -0.2) is 8.42 Å². The zero-order valence-corrected chi connectivity index (χ0v) is 17.3. The van der Waals surface area contributed by atoms with E-state index in [0.29, 0.717) is 37.1 Å². The van der Waals surface area contributed by atoms with Crippen molar-refractivity contribution in [3.05, 3.63) is 24.3 Å². The van der Waals surface area contributed by atoms with E-state index < -0.39 is 10.0 Å². The monoisotopic (exact) mass is 406 g/mol. The molecular formula is C20H30N4O3S. The molecule has 1 heterocycles. The Morgan fingerprint density at radius 3 is 2.54 bits per heavy atom. The van der Waals surface area contributed by atoms with E-state index in [1.165, 1.54) is 25.0 Å². The van der Waals surface area contributed by atoms with Gasteiger partial charge in [0.05, 0.1) is 11.4 Å². The first-order valence-corrected chi connectivity index (χ1v) is 11.6. The number of anilines is 1. The fraction of sp³-hybridized carbons (Fsp3) is 0.600. The normalized spacial score (nSPS) is 18.6. The Hall–Kier alpha value is -1.93. The van der Waals surface area contributed by atoms with E-state index in [4.69, 9.17) is 0 Å². The number of hydrogen-bond donors (Lipinski definition) is 2. The van der Waals surface area contributed by atoms with Crippen LogP contribution >= 0.6 is 0 Å². The third-order valence-electron chi connectivity index (χ3n) is 5.42. The van der Waals surface area contributed by atoms with Crippen LogP contribution in [0.3, 0.4) is 0 Å². The molecule has 1 fully saturated rings. The largest absolute Gasteiger partial charge is 0.325 e. The van der Waals surface area contributed by atoms with Gasteiger partial charge in [0.2, 0.25) is 5.91 Å². The van der Waals surface area contributed by atoms with Gasteiger partial charge in [-0.05, 0) is 57.0 Å². The average molecular weight is 407 g/mol. The number of likely N-dealkylation sites (N-methyl/N-ethyl adjacent to an activating group) is 1. The lowest BCUT2D eigenvalue weighted by Gasteiger charge is -2.23. The fourth-order valence-corrected chi connectivity index (χ4v) is 4.88. The van der Waals surface area contributed by atoms with E-state index in [2.05, 4.69) is 19.9 Å². The number of amidine groups is 1. The molecule has 0 atom stereocenters. The summed E-state index contributed by atoms with van der Waals surface area (Å²) in [6, 6.07) is 6.75. The molecule has 1 saturated carbocycles. The minimum Gasteiger partial charge on any atom is -0.325 e. The second kappa shape index (κ2) is 9.52. The van der Waals surface area contributed by atoms with Crippen LogP contribution in [0.4, 0.5) is 5.69 Å². The van der Waals surface area contributed by atoms with Crippen molar-refractivity contribution in [2.75, 3.05) is 25.5 Å². The number of benzene rings is 1. The number of carbonyl (C=O) groups excluding carboxylic acids is 1. The summed E-state index contributed by atoms with van der Waals surface area (Å²) >= 11 is 0. The van der Waals surface area contributed by atoms with Crippen LogP contribution in [0.1, 0.15) is 51.4 Å². The third-order valence-corrected chi connectivity index (χ3v) is 6.81. The highest BCUT2D eigenvalue weighted by Crippen LogP contribution is 2.22. The molecule has 0 spiro atoms. The maximum atomic E-state index is 12.6. The molecule has 3 rings (SSSR count). The lowest BCUT2D eigenvalue weighted by Crippen LogP contribution is -2.36. The summed E-state index contributed by atoms with van der Waals surface area (Å²) in [5, 5.41) is 2.85. The summed E-state index contributed by atoms with van der Waals surface area (Å²) in [5.41, 5.74) is 0.593. The topological polar surface area (TPSA) is 90.9 Å². The second-order valence-electron chi connectivity index (χ2n) is 7.67. The molecule has 1 amide bonds. The molecule has 1 aliphatic carbocycles. The first-order valence-electron chi connectivity index (χ1n) is 10.1. The smallest absolute Gasteiger partial charge is 0.262 e. The van der Waals surface area contributed by atoms with Gasteiger partial charge in [-0.2, -0.15) is 0 Å². The minimum atomic E-state index is -3.65. The molecular weight excluding hydrogens is 376 g/mol. The van der Waals surface area contributed by atoms with E-state index in [9.17, 15) is 13.2 Å². The molecule has 1 aromatic rings. The summed E-state index contributed by atoms with van der Waals surface area (Å²) in [5.74, 6) is 0.445. The number of nitrogens with zero attached hydrogens (tertiary/aromatic N) is 2. The molecule has 7 nitrogen and oxygen atoms in total. The fourth-order valence-electron chi connectivity index (χ4n) is 3.79. The third kappa shape index (κ3) is 5.78. The van der Waals surface area contributed by atoms with Crippen LogP contribution < -0.4 is 10.0 Å². The minimum absolute atomic E-state index is 0.0871. The summed E-state index contributed by atoms with van der Waals surface area (Å²) < 4.78 is 27.7. The zero-order valence-electron chi connectivity index (χ0n) is 16.5. The van der Waals surface area contributed by atoms with Crippen LogP contribution in [0.2, 0.25) is 0 Å². The second-order valence-corrected chi connectivity index (χ2v) is 9.35. The van der Waals surface area contributed by atoms with E-state index >= 15 is 0 Å². The van der Waals surface area contributed by atoms with Crippen molar-refractivity contribution in [1.29, 1.82) is 0 Å². The molecule has 2 aliphatic rings. The Morgan fingerprint density at radius 1 is 1.11 bits per heavy atom. The molecule has 0 aromatic heterocycles. The number of aliphatic imine (C=N–C) groups is 1. The highest BCUT2D eigenvalue weighted by atomic mass is 32.2. The Morgan fingerprint density at radius 2 is 1.82 bits per heavy atom. The Bertz CT molecular complexity index is 799. The Kier molecular flexibility index (Phi) is 7.07. The van der Waals surface area contributed by atoms with Crippen molar-refractivity contribution in [2.45, 2.75) is 62.3 Å². The maximum absolute atomic E-state index is 12.6. The molecule has 0 unspecified atom stereocenters. The van der Waals surface area contributed by atoms with Gasteiger partial charge in [0.1, 0.15) is 5.84 Å². The van der Waals surface area contributed by atoms with Gasteiger partial charge in [-0.1, -0.05) is 19.3 Å².